The fourth-order valence-electron chi connectivity index (χ4n) is 3.47. The number of morpholine rings is 1. The second kappa shape index (κ2) is 8.90. The average Bonchev–Trinajstić information content (AvgIpc) is 3.18. The number of benzene rings is 2. The van der Waals surface area contributed by atoms with Crippen molar-refractivity contribution in [1.29, 1.82) is 0 Å². The number of nitrogens with zero attached hydrogens (tertiary/aromatic N) is 2. The molecule has 0 bridgehead atoms. The number of thiazole rings is 1. The van der Waals surface area contributed by atoms with E-state index in [-0.39, 0.29) is 11.9 Å². The van der Waals surface area contributed by atoms with E-state index in [0.717, 1.165) is 47.4 Å². The number of aromatic nitrogens is 1. The molecule has 0 spiro atoms. The summed E-state index contributed by atoms with van der Waals surface area (Å²) in [4.78, 5) is 20.7. The first-order chi connectivity index (χ1) is 14.1. The molecule has 4 rings (SSSR count). The fraction of sp³-hybridized carbons (Fsp3) is 0.364. The van der Waals surface area contributed by atoms with Gasteiger partial charge in [0.2, 0.25) is 0 Å². The Morgan fingerprint density at radius 1 is 1.21 bits per heavy atom. The van der Waals surface area contributed by atoms with E-state index in [1.165, 1.54) is 10.4 Å². The van der Waals surface area contributed by atoms with Crippen LogP contribution in [0.2, 0.25) is 0 Å². The maximum atomic E-state index is 12.5. The van der Waals surface area contributed by atoms with Gasteiger partial charge in [-0.1, -0.05) is 12.1 Å². The fourth-order valence-corrected chi connectivity index (χ4v) is 4.59. The predicted octanol–water partition coefficient (Wildman–Crippen LogP) is 2.35. The molecule has 2 N–H and O–H groups in total. The number of carbonyl (C=O) groups excluding carboxylic acids is 1. The van der Waals surface area contributed by atoms with Crippen molar-refractivity contribution >= 4 is 38.8 Å². The molecule has 1 aliphatic rings. The number of hydrogen-bond donors (Lipinski definition) is 2. The second-order valence-electron chi connectivity index (χ2n) is 7.46. The normalized spacial score (nSPS) is 16.6. The predicted molar refractivity (Wildman–Crippen MR) is 118 cm³/mol. The SMILES string of the molecule is C[C@H](c1nc2ccccc2s1)[NH+](C)CC(=O)Nc1ccc(N2CCOCC2)cc1. The number of amides is 1. The van der Waals surface area contributed by atoms with E-state index in [4.69, 9.17) is 9.72 Å². The van der Waals surface area contributed by atoms with E-state index >= 15 is 0 Å². The van der Waals surface area contributed by atoms with Gasteiger partial charge in [0.25, 0.3) is 5.91 Å². The lowest BCUT2D eigenvalue weighted by Crippen LogP contribution is -3.10. The van der Waals surface area contributed by atoms with Gasteiger partial charge in [0.1, 0.15) is 6.04 Å². The molecule has 6 nitrogen and oxygen atoms in total. The Labute approximate surface area is 175 Å². The first-order valence-electron chi connectivity index (χ1n) is 10.0. The Morgan fingerprint density at radius 2 is 1.93 bits per heavy atom. The highest BCUT2D eigenvalue weighted by molar-refractivity contribution is 7.18. The topological polar surface area (TPSA) is 58.9 Å². The molecule has 1 fully saturated rings. The molecular formula is C22H27N4O2S+. The molecule has 3 aromatic rings. The highest BCUT2D eigenvalue weighted by Gasteiger charge is 2.22. The number of carbonyl (C=O) groups is 1. The maximum Gasteiger partial charge on any atom is 0.279 e. The summed E-state index contributed by atoms with van der Waals surface area (Å²) in [5.41, 5.74) is 3.02. The van der Waals surface area contributed by atoms with Crippen LogP contribution in [0.25, 0.3) is 10.2 Å². The molecule has 0 aliphatic carbocycles. The summed E-state index contributed by atoms with van der Waals surface area (Å²) < 4.78 is 6.59. The van der Waals surface area contributed by atoms with Gasteiger partial charge in [-0.25, -0.2) is 4.98 Å². The number of quaternary nitrogens is 1. The van der Waals surface area contributed by atoms with Crippen LogP contribution in [0.1, 0.15) is 18.0 Å². The number of fused-ring (bicyclic) bond motifs is 1. The molecule has 1 aliphatic heterocycles. The smallest absolute Gasteiger partial charge is 0.279 e. The summed E-state index contributed by atoms with van der Waals surface area (Å²) in [6, 6.07) is 16.4. The Kier molecular flexibility index (Phi) is 6.08. The zero-order valence-electron chi connectivity index (χ0n) is 16.9. The zero-order valence-corrected chi connectivity index (χ0v) is 17.7. The van der Waals surface area contributed by atoms with Crippen LogP contribution in [-0.4, -0.2) is 50.8 Å². The average molecular weight is 412 g/mol. The van der Waals surface area contributed by atoms with Crippen molar-refractivity contribution in [1.82, 2.24) is 4.98 Å². The number of hydrogen-bond acceptors (Lipinski definition) is 5. The van der Waals surface area contributed by atoms with Gasteiger partial charge < -0.3 is 19.9 Å². The third kappa shape index (κ3) is 4.75. The van der Waals surface area contributed by atoms with Crippen LogP contribution in [0.3, 0.4) is 0 Å². The molecule has 1 saturated heterocycles. The van der Waals surface area contributed by atoms with Gasteiger partial charge in [-0.05, 0) is 43.3 Å². The largest absolute Gasteiger partial charge is 0.378 e. The molecule has 1 amide bonds. The summed E-state index contributed by atoms with van der Waals surface area (Å²) in [5, 5.41) is 4.08. The number of likely N-dealkylation sites (N-methyl/N-ethyl adjacent to an activating group) is 1. The molecule has 29 heavy (non-hydrogen) atoms. The number of anilines is 2. The van der Waals surface area contributed by atoms with Crippen molar-refractivity contribution in [3.8, 4) is 0 Å². The first kappa shape index (κ1) is 19.8. The molecule has 1 aromatic heterocycles. The summed E-state index contributed by atoms with van der Waals surface area (Å²) in [6.45, 7) is 5.85. The van der Waals surface area contributed by atoms with Gasteiger partial charge >= 0.3 is 0 Å². The van der Waals surface area contributed by atoms with Gasteiger partial charge in [0.05, 0.1) is 30.5 Å². The van der Waals surface area contributed by atoms with Crippen LogP contribution in [0.4, 0.5) is 11.4 Å². The van der Waals surface area contributed by atoms with Crippen molar-refractivity contribution in [3.05, 3.63) is 53.5 Å². The Balaban J connectivity index is 1.33. The van der Waals surface area contributed by atoms with Crippen LogP contribution in [0.15, 0.2) is 48.5 Å². The second-order valence-corrected chi connectivity index (χ2v) is 8.52. The summed E-state index contributed by atoms with van der Waals surface area (Å²) in [7, 11) is 2.04. The third-order valence-corrected chi connectivity index (χ3v) is 6.61. The molecule has 152 valence electrons. The molecular weight excluding hydrogens is 384 g/mol. The number of para-hydroxylation sites is 1. The van der Waals surface area contributed by atoms with Crippen molar-refractivity contribution in [2.24, 2.45) is 0 Å². The Bertz CT molecular complexity index is 933. The highest BCUT2D eigenvalue weighted by Crippen LogP contribution is 2.24. The van der Waals surface area contributed by atoms with Gasteiger partial charge in [-0.15, -0.1) is 11.3 Å². The van der Waals surface area contributed by atoms with E-state index in [0.29, 0.717) is 6.54 Å². The van der Waals surface area contributed by atoms with Crippen molar-refractivity contribution in [2.75, 3.05) is 50.1 Å². The van der Waals surface area contributed by atoms with Gasteiger partial charge in [-0.2, -0.15) is 0 Å². The minimum atomic E-state index is 0.00887. The van der Waals surface area contributed by atoms with Crippen LogP contribution in [0, 0.1) is 0 Å². The molecule has 2 heterocycles. The standard InChI is InChI=1S/C22H26N4O2S/c1-16(22-24-19-5-3-4-6-20(19)29-22)25(2)15-21(27)23-17-7-9-18(10-8-17)26-11-13-28-14-12-26/h3-10,16H,11-15H2,1-2H3,(H,23,27)/p+1/t16-/m1/s1. The van der Waals surface area contributed by atoms with Gasteiger partial charge in [0, 0.05) is 24.5 Å². The molecule has 2 aromatic carbocycles. The summed E-state index contributed by atoms with van der Waals surface area (Å²) in [6.07, 6.45) is 0. The van der Waals surface area contributed by atoms with E-state index in [9.17, 15) is 4.79 Å². The lowest BCUT2D eigenvalue weighted by atomic mass is 10.2. The van der Waals surface area contributed by atoms with E-state index in [2.05, 4.69) is 35.3 Å². The van der Waals surface area contributed by atoms with Crippen LogP contribution in [-0.2, 0) is 9.53 Å². The quantitative estimate of drug-likeness (QED) is 0.654. The highest BCUT2D eigenvalue weighted by atomic mass is 32.1. The van der Waals surface area contributed by atoms with E-state index < -0.39 is 0 Å². The number of ether oxygens (including phenoxy) is 1. The lowest BCUT2D eigenvalue weighted by molar-refractivity contribution is -0.902. The minimum absolute atomic E-state index is 0.00887. The van der Waals surface area contributed by atoms with E-state index in [1.807, 2.05) is 37.4 Å². The zero-order chi connectivity index (χ0) is 20.2. The Hall–Kier alpha value is -2.48. The monoisotopic (exact) mass is 411 g/mol. The molecule has 7 heteroatoms. The maximum absolute atomic E-state index is 12.5. The van der Waals surface area contributed by atoms with Crippen LogP contribution >= 0.6 is 11.3 Å². The molecule has 0 radical (unpaired) electrons. The molecule has 0 saturated carbocycles. The van der Waals surface area contributed by atoms with Gasteiger partial charge in [0.15, 0.2) is 11.6 Å². The summed E-state index contributed by atoms with van der Waals surface area (Å²) in [5.74, 6) is 0.00887. The Morgan fingerprint density at radius 3 is 2.66 bits per heavy atom. The number of rotatable bonds is 6. The van der Waals surface area contributed by atoms with Crippen LogP contribution < -0.4 is 15.1 Å². The van der Waals surface area contributed by atoms with E-state index in [1.54, 1.807) is 11.3 Å². The lowest BCUT2D eigenvalue weighted by Gasteiger charge is -2.28. The summed E-state index contributed by atoms with van der Waals surface area (Å²) >= 11 is 1.70. The first-order valence-corrected chi connectivity index (χ1v) is 10.8. The third-order valence-electron chi connectivity index (χ3n) is 5.39. The van der Waals surface area contributed by atoms with Crippen molar-refractivity contribution in [3.63, 3.8) is 0 Å². The van der Waals surface area contributed by atoms with Crippen LogP contribution in [0.5, 0.6) is 0 Å². The number of nitrogens with one attached hydrogen (secondary N) is 2. The minimum Gasteiger partial charge on any atom is -0.378 e. The van der Waals surface area contributed by atoms with Crippen molar-refractivity contribution in [2.45, 2.75) is 13.0 Å². The molecule has 1 unspecified atom stereocenters. The van der Waals surface area contributed by atoms with Gasteiger partial charge in [-0.3, -0.25) is 4.79 Å². The molecule has 2 atom stereocenters. The van der Waals surface area contributed by atoms with Crippen molar-refractivity contribution < 1.29 is 14.4 Å².